The van der Waals surface area contributed by atoms with Gasteiger partial charge in [-0.2, -0.15) is 0 Å². The van der Waals surface area contributed by atoms with E-state index in [1.807, 2.05) is 4.90 Å². The fourth-order valence-corrected chi connectivity index (χ4v) is 3.32. The molecule has 136 valence electrons. The fraction of sp³-hybridized carbons (Fsp3) is 0.316. The molecule has 1 aliphatic heterocycles. The van der Waals surface area contributed by atoms with Crippen LogP contribution in [0.2, 0.25) is 5.02 Å². The number of nitrogens with one attached hydrogen (secondary N) is 1. The minimum Gasteiger partial charge on any atom is -0.370 e. The molecular weight excluding hydrogens is 357 g/mol. The lowest BCUT2D eigenvalue weighted by Crippen LogP contribution is -2.41. The van der Waals surface area contributed by atoms with Crippen molar-refractivity contribution in [2.24, 2.45) is 5.92 Å². The Bertz CT molecular complexity index is 826. The van der Waals surface area contributed by atoms with Crippen LogP contribution in [-0.4, -0.2) is 29.8 Å². The molecule has 1 aliphatic rings. The summed E-state index contributed by atoms with van der Waals surface area (Å²) in [6.45, 7) is 2.44. The highest BCUT2D eigenvalue weighted by Crippen LogP contribution is 2.29. The molecule has 1 fully saturated rings. The van der Waals surface area contributed by atoms with Gasteiger partial charge in [-0.05, 0) is 44.0 Å². The number of benzene rings is 1. The van der Waals surface area contributed by atoms with E-state index < -0.39 is 5.82 Å². The van der Waals surface area contributed by atoms with Gasteiger partial charge in [-0.1, -0.05) is 17.7 Å². The molecule has 7 heteroatoms. The smallest absolute Gasteiger partial charge is 0.230 e. The largest absolute Gasteiger partial charge is 0.370 e. The molecule has 5 nitrogen and oxygen atoms in total. The van der Waals surface area contributed by atoms with E-state index in [9.17, 15) is 14.0 Å². The quantitative estimate of drug-likeness (QED) is 0.822. The van der Waals surface area contributed by atoms with Gasteiger partial charge in [0.05, 0.1) is 22.2 Å². The minimum absolute atomic E-state index is 0.0768. The van der Waals surface area contributed by atoms with Crippen molar-refractivity contribution in [3.63, 3.8) is 0 Å². The van der Waals surface area contributed by atoms with Gasteiger partial charge in [-0.25, -0.2) is 9.37 Å². The van der Waals surface area contributed by atoms with Crippen molar-refractivity contribution in [3.05, 3.63) is 52.9 Å². The third-order valence-corrected chi connectivity index (χ3v) is 4.68. The Morgan fingerprint density at radius 3 is 2.81 bits per heavy atom. The number of amides is 1. The zero-order valence-corrected chi connectivity index (χ0v) is 15.1. The predicted molar refractivity (Wildman–Crippen MR) is 99.2 cm³/mol. The van der Waals surface area contributed by atoms with Crippen LogP contribution in [0.25, 0.3) is 0 Å². The lowest BCUT2D eigenvalue weighted by atomic mass is 9.95. The number of halogens is 2. The number of ketones is 1. The van der Waals surface area contributed by atoms with E-state index in [-0.39, 0.29) is 23.2 Å². The second-order valence-corrected chi connectivity index (χ2v) is 6.76. The van der Waals surface area contributed by atoms with Gasteiger partial charge in [-0.15, -0.1) is 0 Å². The van der Waals surface area contributed by atoms with Crippen molar-refractivity contribution in [1.29, 1.82) is 0 Å². The Morgan fingerprint density at radius 1 is 1.31 bits per heavy atom. The molecule has 0 aliphatic carbocycles. The Labute approximate surface area is 156 Å². The summed E-state index contributed by atoms with van der Waals surface area (Å²) < 4.78 is 14.1. The number of hydrogen-bond donors (Lipinski definition) is 1. The molecule has 0 spiro atoms. The number of carbonyl (C=O) groups is 2. The minimum atomic E-state index is -0.535. The maximum Gasteiger partial charge on any atom is 0.230 e. The second-order valence-electron chi connectivity index (χ2n) is 6.33. The van der Waals surface area contributed by atoms with Gasteiger partial charge in [0, 0.05) is 19.3 Å². The number of pyridine rings is 1. The van der Waals surface area contributed by atoms with E-state index in [4.69, 9.17) is 11.6 Å². The first kappa shape index (κ1) is 18.3. The summed E-state index contributed by atoms with van der Waals surface area (Å²) >= 11 is 5.80. The van der Waals surface area contributed by atoms with Crippen LogP contribution in [0.3, 0.4) is 0 Å². The number of carbonyl (C=O) groups excluding carboxylic acids is 2. The third-order valence-electron chi connectivity index (χ3n) is 4.46. The molecule has 26 heavy (non-hydrogen) atoms. The molecule has 1 N–H and O–H groups in total. The third kappa shape index (κ3) is 4.02. The van der Waals surface area contributed by atoms with E-state index in [2.05, 4.69) is 10.3 Å². The fourth-order valence-electron chi connectivity index (χ4n) is 3.21. The summed E-state index contributed by atoms with van der Waals surface area (Å²) in [4.78, 5) is 30.4. The number of Topliss-reactive ketones (excluding diaryl/α,β-unsaturated/α-hetero) is 1. The number of aromatic nitrogens is 1. The molecule has 2 aromatic rings. The first-order chi connectivity index (χ1) is 12.5. The number of nitrogens with zero attached hydrogens (tertiary/aromatic N) is 2. The summed E-state index contributed by atoms with van der Waals surface area (Å²) in [5.41, 5.74) is 0.618. The van der Waals surface area contributed by atoms with Gasteiger partial charge in [-0.3, -0.25) is 9.59 Å². The van der Waals surface area contributed by atoms with Crippen LogP contribution in [0.4, 0.5) is 15.9 Å². The molecule has 0 saturated carbocycles. The van der Waals surface area contributed by atoms with Gasteiger partial charge < -0.3 is 10.2 Å². The zero-order chi connectivity index (χ0) is 18.7. The Morgan fingerprint density at radius 2 is 2.12 bits per heavy atom. The average molecular weight is 376 g/mol. The standard InChI is InChI=1S/C19H19ClFN3O2/c1-12(25)18-15(21)5-2-6-16(18)24-9-3-4-13(11-24)19(26)23-17-8-7-14(20)10-22-17/h2,5-8,10,13H,3-4,9,11H2,1H3,(H,22,23,26). The maximum absolute atomic E-state index is 14.1. The average Bonchev–Trinajstić information content (AvgIpc) is 2.63. The van der Waals surface area contributed by atoms with E-state index >= 15 is 0 Å². The van der Waals surface area contributed by atoms with Crippen molar-refractivity contribution >= 4 is 34.8 Å². The molecule has 2 heterocycles. The summed E-state index contributed by atoms with van der Waals surface area (Å²) in [5.74, 6) is -0.844. The van der Waals surface area contributed by atoms with Gasteiger partial charge in [0.25, 0.3) is 0 Å². The van der Waals surface area contributed by atoms with E-state index in [1.165, 1.54) is 19.2 Å². The van der Waals surface area contributed by atoms with Crippen molar-refractivity contribution in [2.75, 3.05) is 23.3 Å². The predicted octanol–water partition coefficient (Wildman–Crippen LogP) is 3.93. The zero-order valence-electron chi connectivity index (χ0n) is 14.3. The SMILES string of the molecule is CC(=O)c1c(F)cccc1N1CCCC(C(=O)Nc2ccc(Cl)cn2)C1. The molecule has 1 aromatic heterocycles. The summed E-state index contributed by atoms with van der Waals surface area (Å²) in [6, 6.07) is 7.88. The molecule has 1 atom stereocenters. The van der Waals surface area contributed by atoms with Crippen LogP contribution in [-0.2, 0) is 4.79 Å². The Kier molecular flexibility index (Phi) is 5.52. The summed E-state index contributed by atoms with van der Waals surface area (Å²) in [5, 5.41) is 3.28. The lowest BCUT2D eigenvalue weighted by molar-refractivity contribution is -0.120. The first-order valence-corrected chi connectivity index (χ1v) is 8.80. The highest BCUT2D eigenvalue weighted by molar-refractivity contribution is 6.30. The molecule has 1 aromatic carbocycles. The van der Waals surface area contributed by atoms with Crippen molar-refractivity contribution in [1.82, 2.24) is 4.98 Å². The normalized spacial score (nSPS) is 17.0. The van der Waals surface area contributed by atoms with Gasteiger partial charge in [0.15, 0.2) is 5.78 Å². The van der Waals surface area contributed by atoms with Crippen molar-refractivity contribution < 1.29 is 14.0 Å². The molecular formula is C19H19ClFN3O2. The van der Waals surface area contributed by atoms with Crippen LogP contribution >= 0.6 is 11.6 Å². The molecule has 0 bridgehead atoms. The van der Waals surface area contributed by atoms with Crippen molar-refractivity contribution in [3.8, 4) is 0 Å². The van der Waals surface area contributed by atoms with Gasteiger partial charge in [0.2, 0.25) is 5.91 Å². The molecule has 0 radical (unpaired) electrons. The summed E-state index contributed by atoms with van der Waals surface area (Å²) in [7, 11) is 0. The number of piperidine rings is 1. The van der Waals surface area contributed by atoms with Crippen LogP contribution in [0, 0.1) is 11.7 Å². The van der Waals surface area contributed by atoms with Crippen LogP contribution in [0.5, 0.6) is 0 Å². The van der Waals surface area contributed by atoms with E-state index in [0.29, 0.717) is 29.6 Å². The number of rotatable bonds is 4. The van der Waals surface area contributed by atoms with Gasteiger partial charge in [0.1, 0.15) is 11.6 Å². The molecule has 1 amide bonds. The topological polar surface area (TPSA) is 62.3 Å². The molecule has 1 saturated heterocycles. The second kappa shape index (κ2) is 7.83. The maximum atomic E-state index is 14.1. The van der Waals surface area contributed by atoms with Crippen LogP contribution in [0.1, 0.15) is 30.1 Å². The Balaban J connectivity index is 1.75. The number of anilines is 2. The summed E-state index contributed by atoms with van der Waals surface area (Å²) in [6.07, 6.45) is 2.97. The van der Waals surface area contributed by atoms with E-state index in [0.717, 1.165) is 12.8 Å². The monoisotopic (exact) mass is 375 g/mol. The lowest BCUT2D eigenvalue weighted by Gasteiger charge is -2.34. The van der Waals surface area contributed by atoms with E-state index in [1.54, 1.807) is 24.3 Å². The molecule has 3 rings (SSSR count). The highest BCUT2D eigenvalue weighted by Gasteiger charge is 2.28. The van der Waals surface area contributed by atoms with Crippen LogP contribution in [0.15, 0.2) is 36.5 Å². The number of hydrogen-bond acceptors (Lipinski definition) is 4. The Hall–Kier alpha value is -2.47. The van der Waals surface area contributed by atoms with Gasteiger partial charge >= 0.3 is 0 Å². The highest BCUT2D eigenvalue weighted by atomic mass is 35.5. The molecule has 1 unspecified atom stereocenters. The van der Waals surface area contributed by atoms with Crippen LogP contribution < -0.4 is 10.2 Å². The van der Waals surface area contributed by atoms with Crippen molar-refractivity contribution in [2.45, 2.75) is 19.8 Å². The first-order valence-electron chi connectivity index (χ1n) is 8.42.